The third-order valence-electron chi connectivity index (χ3n) is 4.18. The lowest BCUT2D eigenvalue weighted by Crippen LogP contribution is -2.52. The van der Waals surface area contributed by atoms with Crippen molar-refractivity contribution in [1.82, 2.24) is 15.1 Å². The Balaban J connectivity index is 2.16. The van der Waals surface area contributed by atoms with Crippen LogP contribution in [0.5, 0.6) is 0 Å². The second kappa shape index (κ2) is 6.28. The van der Waals surface area contributed by atoms with Crippen molar-refractivity contribution in [3.8, 4) is 0 Å². The van der Waals surface area contributed by atoms with Gasteiger partial charge in [0.15, 0.2) is 0 Å². The number of carbonyl (C=O) groups excluding carboxylic acids is 1. The van der Waals surface area contributed by atoms with Gasteiger partial charge >= 0.3 is 5.97 Å². The zero-order chi connectivity index (χ0) is 15.5. The fraction of sp³-hybridized carbons (Fsp3) is 0.667. The summed E-state index contributed by atoms with van der Waals surface area (Å²) >= 11 is 0. The van der Waals surface area contributed by atoms with Crippen LogP contribution in [0.4, 0.5) is 0 Å². The molecular formula is C15H23N3O3. The van der Waals surface area contributed by atoms with E-state index in [-0.39, 0.29) is 11.9 Å². The van der Waals surface area contributed by atoms with Gasteiger partial charge in [0.05, 0.1) is 6.04 Å². The van der Waals surface area contributed by atoms with Gasteiger partial charge in [0.25, 0.3) is 5.91 Å². The molecule has 1 unspecified atom stereocenters. The van der Waals surface area contributed by atoms with Gasteiger partial charge in [-0.3, -0.25) is 9.48 Å². The molecule has 2 N–H and O–H groups in total. The summed E-state index contributed by atoms with van der Waals surface area (Å²) in [5.74, 6) is -1.37. The third kappa shape index (κ3) is 3.25. The second-order valence-corrected chi connectivity index (χ2v) is 5.94. The maximum Gasteiger partial charge on any atom is 0.329 e. The van der Waals surface area contributed by atoms with Gasteiger partial charge in [0, 0.05) is 6.20 Å². The van der Waals surface area contributed by atoms with E-state index >= 15 is 0 Å². The number of carboxylic acid groups (broad SMARTS) is 1. The number of hydrogen-bond acceptors (Lipinski definition) is 3. The molecule has 0 aromatic carbocycles. The Bertz CT molecular complexity index is 520. The van der Waals surface area contributed by atoms with Crippen LogP contribution in [-0.2, 0) is 4.79 Å². The highest BCUT2D eigenvalue weighted by atomic mass is 16.4. The van der Waals surface area contributed by atoms with E-state index in [1.165, 1.54) is 0 Å². The van der Waals surface area contributed by atoms with Gasteiger partial charge < -0.3 is 10.4 Å². The first-order chi connectivity index (χ1) is 9.98. The Morgan fingerprint density at radius 1 is 1.48 bits per heavy atom. The number of nitrogens with one attached hydrogen (secondary N) is 1. The fourth-order valence-electron chi connectivity index (χ4n) is 2.97. The summed E-state index contributed by atoms with van der Waals surface area (Å²) < 4.78 is 1.75. The van der Waals surface area contributed by atoms with E-state index in [1.54, 1.807) is 23.9 Å². The minimum Gasteiger partial charge on any atom is -0.480 e. The average Bonchev–Trinajstić information content (AvgIpc) is 3.09. The standard InChI is InChI=1S/C15H23N3O3/c1-3-9-15(2,14(20)21)17-13(19)12-8-10-16-18(12)11-6-4-5-7-11/h8,10-11H,3-7,9H2,1-2H3,(H,17,19)(H,20,21). The van der Waals surface area contributed by atoms with Gasteiger partial charge in [-0.25, -0.2) is 4.79 Å². The highest BCUT2D eigenvalue weighted by molar-refractivity contribution is 5.96. The van der Waals surface area contributed by atoms with Gasteiger partial charge in [0.1, 0.15) is 11.2 Å². The van der Waals surface area contributed by atoms with Crippen LogP contribution in [0.25, 0.3) is 0 Å². The molecule has 0 radical (unpaired) electrons. The fourth-order valence-corrected chi connectivity index (χ4v) is 2.97. The maximum absolute atomic E-state index is 12.4. The summed E-state index contributed by atoms with van der Waals surface area (Å²) in [5, 5.41) is 16.3. The van der Waals surface area contributed by atoms with Crippen molar-refractivity contribution >= 4 is 11.9 Å². The zero-order valence-electron chi connectivity index (χ0n) is 12.6. The molecule has 1 amide bonds. The quantitative estimate of drug-likeness (QED) is 0.843. The first-order valence-corrected chi connectivity index (χ1v) is 7.57. The number of aromatic nitrogens is 2. The van der Waals surface area contributed by atoms with Crippen LogP contribution in [0.1, 0.15) is 68.9 Å². The van der Waals surface area contributed by atoms with E-state index < -0.39 is 11.5 Å². The molecule has 0 bridgehead atoms. The predicted molar refractivity (Wildman–Crippen MR) is 78.1 cm³/mol. The number of amides is 1. The van der Waals surface area contributed by atoms with Crippen LogP contribution in [0, 0.1) is 0 Å². The zero-order valence-corrected chi connectivity index (χ0v) is 12.6. The monoisotopic (exact) mass is 293 g/mol. The molecule has 1 aromatic heterocycles. The molecule has 1 aliphatic carbocycles. The van der Waals surface area contributed by atoms with E-state index in [0.29, 0.717) is 18.5 Å². The molecule has 1 atom stereocenters. The Kier molecular flexibility index (Phi) is 4.65. The summed E-state index contributed by atoms with van der Waals surface area (Å²) in [6.45, 7) is 3.45. The largest absolute Gasteiger partial charge is 0.480 e. The molecule has 1 aliphatic rings. The molecule has 21 heavy (non-hydrogen) atoms. The molecule has 6 heteroatoms. The Morgan fingerprint density at radius 2 is 2.14 bits per heavy atom. The topological polar surface area (TPSA) is 84.2 Å². The Morgan fingerprint density at radius 3 is 2.71 bits per heavy atom. The van der Waals surface area contributed by atoms with E-state index in [0.717, 1.165) is 25.7 Å². The third-order valence-corrected chi connectivity index (χ3v) is 4.18. The van der Waals surface area contributed by atoms with Crippen LogP contribution < -0.4 is 5.32 Å². The number of nitrogens with zero attached hydrogens (tertiary/aromatic N) is 2. The van der Waals surface area contributed by atoms with Gasteiger partial charge in [-0.05, 0) is 32.3 Å². The lowest BCUT2D eigenvalue weighted by Gasteiger charge is -2.26. The van der Waals surface area contributed by atoms with Crippen LogP contribution in [0.2, 0.25) is 0 Å². The first kappa shape index (κ1) is 15.5. The molecule has 1 fully saturated rings. The summed E-state index contributed by atoms with van der Waals surface area (Å²) in [4.78, 5) is 23.9. The van der Waals surface area contributed by atoms with Crippen molar-refractivity contribution < 1.29 is 14.7 Å². The van der Waals surface area contributed by atoms with Gasteiger partial charge in [-0.1, -0.05) is 26.2 Å². The SMILES string of the molecule is CCCC(C)(NC(=O)c1ccnn1C1CCCC1)C(=O)O. The first-order valence-electron chi connectivity index (χ1n) is 7.57. The van der Waals surface area contributed by atoms with Crippen LogP contribution in [0.15, 0.2) is 12.3 Å². The number of carbonyl (C=O) groups is 2. The smallest absolute Gasteiger partial charge is 0.329 e. The molecule has 2 rings (SSSR count). The summed E-state index contributed by atoms with van der Waals surface area (Å²) in [7, 11) is 0. The predicted octanol–water partition coefficient (Wildman–Crippen LogP) is 2.37. The minimum atomic E-state index is -1.24. The van der Waals surface area contributed by atoms with E-state index in [4.69, 9.17) is 0 Å². The van der Waals surface area contributed by atoms with Crippen LogP contribution in [0.3, 0.4) is 0 Å². The van der Waals surface area contributed by atoms with Crippen molar-refractivity contribution in [2.24, 2.45) is 0 Å². The molecule has 0 aliphatic heterocycles. The molecule has 0 saturated heterocycles. The molecule has 116 valence electrons. The highest BCUT2D eigenvalue weighted by Gasteiger charge is 2.35. The number of rotatable bonds is 6. The molecular weight excluding hydrogens is 270 g/mol. The molecule has 1 heterocycles. The number of aliphatic carboxylic acids is 1. The summed E-state index contributed by atoms with van der Waals surface area (Å²) in [6, 6.07) is 1.91. The Hall–Kier alpha value is -1.85. The van der Waals surface area contributed by atoms with Crippen molar-refractivity contribution in [1.29, 1.82) is 0 Å². The van der Waals surface area contributed by atoms with E-state index in [1.807, 2.05) is 6.92 Å². The van der Waals surface area contributed by atoms with Gasteiger partial charge in [-0.2, -0.15) is 5.10 Å². The van der Waals surface area contributed by atoms with Crippen molar-refractivity contribution in [3.05, 3.63) is 18.0 Å². The van der Waals surface area contributed by atoms with Crippen molar-refractivity contribution in [2.45, 2.75) is 64.0 Å². The molecule has 6 nitrogen and oxygen atoms in total. The molecule has 1 aromatic rings. The van der Waals surface area contributed by atoms with Gasteiger partial charge in [0.2, 0.25) is 0 Å². The van der Waals surface area contributed by atoms with E-state index in [2.05, 4.69) is 10.4 Å². The molecule has 1 saturated carbocycles. The Labute approximate surface area is 124 Å². The lowest BCUT2D eigenvalue weighted by atomic mass is 9.96. The van der Waals surface area contributed by atoms with Crippen LogP contribution >= 0.6 is 0 Å². The van der Waals surface area contributed by atoms with Gasteiger partial charge in [-0.15, -0.1) is 0 Å². The maximum atomic E-state index is 12.4. The minimum absolute atomic E-state index is 0.253. The van der Waals surface area contributed by atoms with Crippen LogP contribution in [-0.4, -0.2) is 32.3 Å². The average molecular weight is 293 g/mol. The molecule has 0 spiro atoms. The van der Waals surface area contributed by atoms with Crippen molar-refractivity contribution in [3.63, 3.8) is 0 Å². The lowest BCUT2D eigenvalue weighted by molar-refractivity contribution is -0.144. The normalized spacial score (nSPS) is 18.4. The second-order valence-electron chi connectivity index (χ2n) is 5.94. The highest BCUT2D eigenvalue weighted by Crippen LogP contribution is 2.29. The summed E-state index contributed by atoms with van der Waals surface area (Å²) in [5.41, 5.74) is -0.790. The number of carboxylic acids is 1. The van der Waals surface area contributed by atoms with Crippen molar-refractivity contribution in [2.75, 3.05) is 0 Å². The number of hydrogen-bond donors (Lipinski definition) is 2. The van der Waals surface area contributed by atoms with E-state index in [9.17, 15) is 14.7 Å². The summed E-state index contributed by atoms with van der Waals surface area (Å²) in [6.07, 6.45) is 7.02.